The highest BCUT2D eigenvalue weighted by molar-refractivity contribution is 5.78. The molecular weight excluding hydrogens is 703 g/mol. The van der Waals surface area contributed by atoms with Crippen LogP contribution in [0.4, 0.5) is 0 Å². The number of allylic oxidation sites excluding steroid dienone is 1. The van der Waals surface area contributed by atoms with Gasteiger partial charge in [0.25, 0.3) is 5.70 Å². The summed E-state index contributed by atoms with van der Waals surface area (Å²) in [6.45, 7) is 8.07. The number of rotatable bonds is 7. The molecule has 1 aliphatic rings. The Morgan fingerprint density at radius 1 is 0.483 bits per heavy atom. The molecule has 0 atom stereocenters. The SMILES string of the molecule is C=Cc1cccc(-c2ccc(C/C3=C/[n+]4ccccc4-c4ccccc4CCc4ccc(-c5cccc(C=C)c5)cc4-c4cccc[n+]43)c(-c3cccc[n+]3C)c2)c1. The number of hydrogen-bond donors (Lipinski definition) is 0. The summed E-state index contributed by atoms with van der Waals surface area (Å²) in [6, 6.07) is 59.7. The van der Waals surface area contributed by atoms with E-state index in [0.29, 0.717) is 6.42 Å². The molecule has 3 heteroatoms. The second-order valence-electron chi connectivity index (χ2n) is 15.0. The van der Waals surface area contributed by atoms with Gasteiger partial charge in [-0.25, -0.2) is 4.57 Å². The van der Waals surface area contributed by atoms with Crippen molar-refractivity contribution in [2.75, 3.05) is 0 Å². The molecule has 0 N–H and O–H groups in total. The standard InChI is InChI=1S/C55H46N3/c1-4-40-16-14-19-44(34-40)46-28-27-43-26-25-42-18-6-7-21-50(42)54-23-9-12-32-57(54)39-49(58-33-13-10-24-55(58)51(43)37-46)36-48-30-29-47(45-20-15-17-41(5-2)35-45)38-52(48)53-22-8-11-31-56(53)3/h4-24,27-35,37-39H,1-2,25-26,36H2,3H3/q+3/b49-39-. The quantitative estimate of drug-likeness (QED) is 0.144. The third-order valence-electron chi connectivity index (χ3n) is 11.4. The third-order valence-corrected chi connectivity index (χ3v) is 11.4. The van der Waals surface area contributed by atoms with Gasteiger partial charge in [0.05, 0.1) is 17.5 Å². The van der Waals surface area contributed by atoms with E-state index in [1.54, 1.807) is 0 Å². The Bertz CT molecular complexity index is 2880. The summed E-state index contributed by atoms with van der Waals surface area (Å²) in [6.07, 6.45) is 15.2. The monoisotopic (exact) mass is 748 g/mol. The maximum absolute atomic E-state index is 4.04. The Hall–Kier alpha value is -7.23. The Morgan fingerprint density at radius 2 is 1.07 bits per heavy atom. The number of aryl methyl sites for hydroxylation is 3. The first-order chi connectivity index (χ1) is 28.6. The summed E-state index contributed by atoms with van der Waals surface area (Å²) < 4.78 is 6.95. The smallest absolute Gasteiger partial charge is 0.201 e. The van der Waals surface area contributed by atoms with Crippen molar-refractivity contribution < 1.29 is 13.7 Å². The van der Waals surface area contributed by atoms with E-state index < -0.39 is 0 Å². The van der Waals surface area contributed by atoms with Gasteiger partial charge >= 0.3 is 0 Å². The molecule has 58 heavy (non-hydrogen) atoms. The number of benzene rings is 5. The fourth-order valence-corrected chi connectivity index (χ4v) is 8.37. The van der Waals surface area contributed by atoms with Crippen LogP contribution in [0.1, 0.15) is 27.8 Å². The molecule has 0 radical (unpaired) electrons. The normalized spacial score (nSPS) is 12.9. The molecule has 9 rings (SSSR count). The van der Waals surface area contributed by atoms with E-state index >= 15 is 0 Å². The lowest BCUT2D eigenvalue weighted by Gasteiger charge is -2.16. The van der Waals surface area contributed by atoms with E-state index in [0.717, 1.165) is 41.1 Å². The Kier molecular flexibility index (Phi) is 10.1. The second-order valence-corrected chi connectivity index (χ2v) is 15.0. The van der Waals surface area contributed by atoms with Crippen molar-refractivity contribution in [3.8, 4) is 56.0 Å². The van der Waals surface area contributed by atoms with E-state index in [4.69, 9.17) is 0 Å². The van der Waals surface area contributed by atoms with Gasteiger partial charge in [0, 0.05) is 42.0 Å². The average Bonchev–Trinajstić information content (AvgIpc) is 3.28. The van der Waals surface area contributed by atoms with Crippen LogP contribution < -0.4 is 13.7 Å². The van der Waals surface area contributed by atoms with Crippen LogP contribution in [-0.4, -0.2) is 0 Å². The molecule has 0 spiro atoms. The van der Waals surface area contributed by atoms with Gasteiger partial charge in [-0.3, -0.25) is 0 Å². The molecule has 3 nitrogen and oxygen atoms in total. The van der Waals surface area contributed by atoms with Crippen LogP contribution in [0.5, 0.6) is 0 Å². The molecule has 0 saturated carbocycles. The topological polar surface area (TPSA) is 11.6 Å². The van der Waals surface area contributed by atoms with Gasteiger partial charge < -0.3 is 0 Å². The van der Waals surface area contributed by atoms with Crippen molar-refractivity contribution in [2.24, 2.45) is 7.05 Å². The minimum atomic E-state index is 0.679. The summed E-state index contributed by atoms with van der Waals surface area (Å²) in [5, 5.41) is 0. The van der Waals surface area contributed by atoms with E-state index in [-0.39, 0.29) is 0 Å². The number of fused-ring (bicyclic) bond motifs is 6. The van der Waals surface area contributed by atoms with Crippen LogP contribution in [0.2, 0.25) is 0 Å². The maximum Gasteiger partial charge on any atom is 0.256 e. The highest BCUT2D eigenvalue weighted by atomic mass is 15.0. The van der Waals surface area contributed by atoms with Crippen molar-refractivity contribution in [1.82, 2.24) is 0 Å². The summed E-state index contributed by atoms with van der Waals surface area (Å²) in [5.41, 5.74) is 19.1. The van der Waals surface area contributed by atoms with Crippen molar-refractivity contribution in [3.05, 3.63) is 223 Å². The van der Waals surface area contributed by atoms with Crippen molar-refractivity contribution in [3.63, 3.8) is 0 Å². The lowest BCUT2D eigenvalue weighted by atomic mass is 9.91. The number of hydrogen-bond acceptors (Lipinski definition) is 0. The fraction of sp³-hybridized carbons (Fsp3) is 0.0727. The van der Waals surface area contributed by atoms with Gasteiger partial charge in [-0.05, 0) is 111 Å². The molecule has 278 valence electrons. The first-order valence-corrected chi connectivity index (χ1v) is 20.0. The summed E-state index contributed by atoms with van der Waals surface area (Å²) >= 11 is 0. The van der Waals surface area contributed by atoms with Gasteiger partial charge in [-0.15, -0.1) is 0 Å². The molecule has 3 aromatic heterocycles. The molecule has 1 aliphatic heterocycles. The number of nitrogens with zero attached hydrogens (tertiary/aromatic N) is 3. The highest BCUT2D eigenvalue weighted by Gasteiger charge is 2.28. The van der Waals surface area contributed by atoms with Gasteiger partial charge in [-0.2, -0.15) is 9.13 Å². The molecule has 0 unspecified atom stereocenters. The lowest BCUT2D eigenvalue weighted by molar-refractivity contribution is -0.660. The van der Waals surface area contributed by atoms with E-state index in [1.807, 2.05) is 12.2 Å². The first-order valence-electron chi connectivity index (χ1n) is 20.0. The van der Waals surface area contributed by atoms with Crippen LogP contribution in [0.3, 0.4) is 0 Å². The van der Waals surface area contributed by atoms with Crippen molar-refractivity contribution in [1.29, 1.82) is 0 Å². The van der Waals surface area contributed by atoms with Crippen LogP contribution in [0, 0.1) is 0 Å². The van der Waals surface area contributed by atoms with Crippen LogP contribution in [0.15, 0.2) is 196 Å². The summed E-state index contributed by atoms with van der Waals surface area (Å²) in [4.78, 5) is 0. The van der Waals surface area contributed by atoms with Gasteiger partial charge in [0.2, 0.25) is 23.3 Å². The first kappa shape index (κ1) is 36.4. The maximum atomic E-state index is 4.04. The van der Waals surface area contributed by atoms with Gasteiger partial charge in [-0.1, -0.05) is 104 Å². The number of pyridine rings is 3. The van der Waals surface area contributed by atoms with Gasteiger partial charge in [0.1, 0.15) is 7.05 Å². The van der Waals surface area contributed by atoms with E-state index in [1.165, 1.54) is 61.3 Å². The summed E-state index contributed by atoms with van der Waals surface area (Å²) in [7, 11) is 2.13. The molecule has 0 amide bonds. The molecular formula is C55H46N3+3. The molecule has 0 bridgehead atoms. The molecule has 0 fully saturated rings. The molecule has 8 aromatic rings. The predicted octanol–water partition coefficient (Wildman–Crippen LogP) is 11.5. The van der Waals surface area contributed by atoms with Crippen LogP contribution >= 0.6 is 0 Å². The summed E-state index contributed by atoms with van der Waals surface area (Å²) in [5.74, 6) is 0. The zero-order valence-corrected chi connectivity index (χ0v) is 32.9. The van der Waals surface area contributed by atoms with Gasteiger partial charge in [0.15, 0.2) is 18.6 Å². The largest absolute Gasteiger partial charge is 0.256 e. The average molecular weight is 749 g/mol. The molecule has 0 aliphatic carbocycles. The second kappa shape index (κ2) is 16.1. The molecule has 4 heterocycles. The van der Waals surface area contributed by atoms with Crippen molar-refractivity contribution >= 4 is 24.0 Å². The van der Waals surface area contributed by atoms with Crippen LogP contribution in [-0.2, 0) is 26.3 Å². The van der Waals surface area contributed by atoms with Crippen molar-refractivity contribution in [2.45, 2.75) is 19.3 Å². The number of aromatic nitrogens is 3. The predicted molar refractivity (Wildman–Crippen MR) is 240 cm³/mol. The highest BCUT2D eigenvalue weighted by Crippen LogP contribution is 2.34. The minimum absolute atomic E-state index is 0.679. The minimum Gasteiger partial charge on any atom is -0.201 e. The van der Waals surface area contributed by atoms with E-state index in [9.17, 15) is 0 Å². The van der Waals surface area contributed by atoms with Crippen LogP contribution in [0.25, 0.3) is 80.1 Å². The molecule has 0 saturated heterocycles. The Morgan fingerprint density at radius 3 is 1.79 bits per heavy atom. The molecule has 5 aromatic carbocycles. The third kappa shape index (κ3) is 7.26. The van der Waals surface area contributed by atoms with E-state index in [2.05, 4.69) is 222 Å². The lowest BCUT2D eigenvalue weighted by Crippen LogP contribution is -2.40. The zero-order valence-electron chi connectivity index (χ0n) is 32.9. The Balaban J connectivity index is 1.29. The fourth-order valence-electron chi connectivity index (χ4n) is 8.37. The zero-order chi connectivity index (χ0) is 39.4. The Labute approximate surface area is 342 Å².